The van der Waals surface area contributed by atoms with Gasteiger partial charge in [-0.15, -0.1) is 0 Å². The molecule has 3 nitrogen and oxygen atoms in total. The summed E-state index contributed by atoms with van der Waals surface area (Å²) in [4.78, 5) is 18.2. The zero-order chi connectivity index (χ0) is 18.7. The first-order chi connectivity index (χ1) is 13.2. The maximum atomic E-state index is 13.7. The van der Waals surface area contributed by atoms with Crippen molar-refractivity contribution in [3.63, 3.8) is 0 Å². The number of benzene rings is 2. The van der Waals surface area contributed by atoms with Crippen LogP contribution in [0.15, 0.2) is 54.6 Å². The van der Waals surface area contributed by atoms with E-state index < -0.39 is 5.54 Å². The number of rotatable bonds is 5. The van der Waals surface area contributed by atoms with Crippen LogP contribution in [0.25, 0.3) is 0 Å². The summed E-state index contributed by atoms with van der Waals surface area (Å²) in [6.07, 6.45) is 2.63. The molecular formula is C23H28N2OS. The quantitative estimate of drug-likeness (QED) is 0.795. The Labute approximate surface area is 166 Å². The van der Waals surface area contributed by atoms with Crippen LogP contribution in [0.3, 0.4) is 0 Å². The number of fused-ring (bicyclic) bond motifs is 1. The number of hydrogen-bond acceptors (Lipinski definition) is 3. The third-order valence-corrected chi connectivity index (χ3v) is 7.03. The Morgan fingerprint density at radius 1 is 1.00 bits per heavy atom. The first-order valence-electron chi connectivity index (χ1n) is 9.88. The summed E-state index contributed by atoms with van der Waals surface area (Å²) in [5.41, 5.74) is 3.57. The minimum atomic E-state index is -0.430. The van der Waals surface area contributed by atoms with Crippen LogP contribution in [0.1, 0.15) is 16.7 Å². The average Bonchev–Trinajstić information content (AvgIpc) is 3.14. The lowest BCUT2D eigenvalue weighted by Gasteiger charge is -2.42. The van der Waals surface area contributed by atoms with Gasteiger partial charge in [-0.25, -0.2) is 0 Å². The van der Waals surface area contributed by atoms with Gasteiger partial charge in [-0.2, -0.15) is 11.8 Å². The molecule has 0 unspecified atom stereocenters. The lowest BCUT2D eigenvalue weighted by molar-refractivity contribution is -0.143. The van der Waals surface area contributed by atoms with Crippen molar-refractivity contribution in [1.82, 2.24) is 9.80 Å². The number of thioether (sulfide) groups is 1. The summed E-state index contributed by atoms with van der Waals surface area (Å²) in [7, 11) is 2.14. The minimum absolute atomic E-state index is 0.328. The van der Waals surface area contributed by atoms with Crippen molar-refractivity contribution in [2.75, 3.05) is 38.2 Å². The smallest absolute Gasteiger partial charge is 0.243 e. The Bertz CT molecular complexity index is 761. The molecule has 142 valence electrons. The molecule has 0 aromatic heterocycles. The molecule has 4 rings (SSSR count). The Balaban J connectivity index is 1.57. The highest BCUT2D eigenvalue weighted by Gasteiger charge is 2.48. The van der Waals surface area contributed by atoms with Crippen molar-refractivity contribution < 1.29 is 4.79 Å². The molecule has 0 spiro atoms. The molecule has 0 atom stereocenters. The van der Waals surface area contributed by atoms with Crippen LogP contribution in [0.2, 0.25) is 0 Å². The van der Waals surface area contributed by atoms with E-state index in [1.54, 1.807) is 0 Å². The van der Waals surface area contributed by atoms with Gasteiger partial charge in [0, 0.05) is 44.0 Å². The monoisotopic (exact) mass is 380 g/mol. The summed E-state index contributed by atoms with van der Waals surface area (Å²) < 4.78 is 0. The molecule has 1 saturated heterocycles. The predicted octanol–water partition coefficient (Wildman–Crippen LogP) is 3.27. The van der Waals surface area contributed by atoms with Crippen LogP contribution < -0.4 is 0 Å². The van der Waals surface area contributed by atoms with E-state index in [1.807, 2.05) is 11.8 Å². The van der Waals surface area contributed by atoms with E-state index in [9.17, 15) is 4.79 Å². The summed E-state index contributed by atoms with van der Waals surface area (Å²) in [6, 6.07) is 19.2. The van der Waals surface area contributed by atoms with Crippen molar-refractivity contribution in [1.29, 1.82) is 0 Å². The fourth-order valence-corrected chi connectivity index (χ4v) is 5.30. The van der Waals surface area contributed by atoms with E-state index in [1.165, 1.54) is 16.7 Å². The van der Waals surface area contributed by atoms with Crippen LogP contribution >= 0.6 is 11.8 Å². The molecule has 0 radical (unpaired) electrons. The van der Waals surface area contributed by atoms with E-state index >= 15 is 0 Å². The molecule has 27 heavy (non-hydrogen) atoms. The maximum Gasteiger partial charge on any atom is 0.243 e. The van der Waals surface area contributed by atoms with Gasteiger partial charge < -0.3 is 4.90 Å². The normalized spacial score (nSPS) is 18.5. The second kappa shape index (κ2) is 8.07. The second-order valence-corrected chi connectivity index (χ2v) is 8.94. The van der Waals surface area contributed by atoms with Crippen LogP contribution in [-0.2, 0) is 24.1 Å². The van der Waals surface area contributed by atoms with Gasteiger partial charge in [-0.3, -0.25) is 9.69 Å². The van der Waals surface area contributed by atoms with Gasteiger partial charge in [-0.05, 0) is 30.2 Å². The SMILES string of the molecule is CN(CCc1ccccc1)C1(C(=O)N2CCSCC2)Cc2ccccc2C1. The number of likely N-dealkylation sites (N-methyl/N-ethyl adjacent to an activating group) is 1. The van der Waals surface area contributed by atoms with Crippen LogP contribution in [0.5, 0.6) is 0 Å². The number of nitrogens with zero attached hydrogens (tertiary/aromatic N) is 2. The van der Waals surface area contributed by atoms with E-state index in [4.69, 9.17) is 0 Å². The highest BCUT2D eigenvalue weighted by atomic mass is 32.2. The average molecular weight is 381 g/mol. The van der Waals surface area contributed by atoms with Crippen molar-refractivity contribution in [2.45, 2.75) is 24.8 Å². The lowest BCUT2D eigenvalue weighted by atomic mass is 9.91. The molecule has 2 aliphatic rings. The maximum absolute atomic E-state index is 13.7. The zero-order valence-electron chi connectivity index (χ0n) is 16.1. The predicted molar refractivity (Wildman–Crippen MR) is 113 cm³/mol. The summed E-state index contributed by atoms with van der Waals surface area (Å²) >= 11 is 1.95. The van der Waals surface area contributed by atoms with Gasteiger partial charge in [-0.1, -0.05) is 54.6 Å². The molecule has 0 bridgehead atoms. The van der Waals surface area contributed by atoms with Gasteiger partial charge in [0.2, 0.25) is 5.91 Å². The Morgan fingerprint density at radius 3 is 2.22 bits per heavy atom. The molecular weight excluding hydrogens is 352 g/mol. The van der Waals surface area contributed by atoms with E-state index in [0.29, 0.717) is 5.91 Å². The summed E-state index contributed by atoms with van der Waals surface area (Å²) in [5.74, 6) is 2.44. The fourth-order valence-electron chi connectivity index (χ4n) is 4.40. The third kappa shape index (κ3) is 3.78. The molecule has 1 aliphatic heterocycles. The number of carbonyl (C=O) groups excluding carboxylic acids is 1. The molecule has 1 aliphatic carbocycles. The molecule has 2 aromatic rings. The van der Waals surface area contributed by atoms with Gasteiger partial charge in [0.25, 0.3) is 0 Å². The molecule has 1 fully saturated rings. The summed E-state index contributed by atoms with van der Waals surface area (Å²) in [5, 5.41) is 0. The highest BCUT2D eigenvalue weighted by molar-refractivity contribution is 7.99. The number of carbonyl (C=O) groups is 1. The largest absolute Gasteiger partial charge is 0.339 e. The zero-order valence-corrected chi connectivity index (χ0v) is 16.9. The molecule has 4 heteroatoms. The first-order valence-corrected chi connectivity index (χ1v) is 11.0. The van der Waals surface area contributed by atoms with Crippen LogP contribution in [-0.4, -0.2) is 59.4 Å². The van der Waals surface area contributed by atoms with Gasteiger partial charge >= 0.3 is 0 Å². The Morgan fingerprint density at radius 2 is 1.59 bits per heavy atom. The highest BCUT2D eigenvalue weighted by Crippen LogP contribution is 2.36. The molecule has 0 N–H and O–H groups in total. The summed E-state index contributed by atoms with van der Waals surface area (Å²) in [6.45, 7) is 2.66. The Hall–Kier alpha value is -1.78. The van der Waals surface area contributed by atoms with E-state index in [0.717, 1.165) is 50.4 Å². The molecule has 0 saturated carbocycles. The van der Waals surface area contributed by atoms with Gasteiger partial charge in [0.1, 0.15) is 5.54 Å². The van der Waals surface area contributed by atoms with Gasteiger partial charge in [0.15, 0.2) is 0 Å². The third-order valence-electron chi connectivity index (χ3n) is 6.09. The topological polar surface area (TPSA) is 23.6 Å². The molecule has 1 heterocycles. The van der Waals surface area contributed by atoms with E-state index in [2.05, 4.69) is 71.4 Å². The number of hydrogen-bond donors (Lipinski definition) is 0. The van der Waals surface area contributed by atoms with Gasteiger partial charge in [0.05, 0.1) is 0 Å². The fraction of sp³-hybridized carbons (Fsp3) is 0.435. The first kappa shape index (κ1) is 18.6. The van der Waals surface area contributed by atoms with Crippen molar-refractivity contribution >= 4 is 17.7 Å². The van der Waals surface area contributed by atoms with Crippen molar-refractivity contribution in [2.24, 2.45) is 0 Å². The molecule has 1 amide bonds. The van der Waals surface area contributed by atoms with Crippen molar-refractivity contribution in [3.05, 3.63) is 71.3 Å². The standard InChI is InChI=1S/C23H28N2OS/c1-24(12-11-19-7-3-2-4-8-19)23(22(26)25-13-15-27-16-14-25)17-20-9-5-6-10-21(20)18-23/h2-10H,11-18H2,1H3. The molecule has 2 aromatic carbocycles. The number of amides is 1. The minimum Gasteiger partial charge on any atom is -0.339 e. The van der Waals surface area contributed by atoms with Crippen molar-refractivity contribution in [3.8, 4) is 0 Å². The van der Waals surface area contributed by atoms with Crippen LogP contribution in [0.4, 0.5) is 0 Å². The Kier molecular flexibility index (Phi) is 5.55. The van der Waals surface area contributed by atoms with E-state index in [-0.39, 0.29) is 0 Å². The second-order valence-electron chi connectivity index (χ2n) is 7.72. The lowest BCUT2D eigenvalue weighted by Crippen LogP contribution is -2.60. The van der Waals surface area contributed by atoms with Crippen LogP contribution in [0, 0.1) is 0 Å².